The van der Waals surface area contributed by atoms with Gasteiger partial charge in [0.25, 0.3) is 0 Å². The van der Waals surface area contributed by atoms with Gasteiger partial charge in [-0.15, -0.1) is 0 Å². The van der Waals surface area contributed by atoms with Gasteiger partial charge in [-0.3, -0.25) is 32.5 Å². The highest BCUT2D eigenvalue weighted by molar-refractivity contribution is 7.47. The molecule has 4 N–H and O–H groups in total. The summed E-state index contributed by atoms with van der Waals surface area (Å²) < 4.78 is 61.7. The van der Waals surface area contributed by atoms with E-state index in [1.165, 1.54) is 193 Å². The van der Waals surface area contributed by atoms with Crippen LogP contribution in [-0.4, -0.2) is 95.9 Å². The molecule has 0 spiro atoms. The number of hydrogen-bond acceptors (Lipinski definition) is 14. The van der Waals surface area contributed by atoms with Gasteiger partial charge in [-0.25, -0.2) is 9.13 Å². The van der Waals surface area contributed by atoms with Crippen molar-refractivity contribution in [2.75, 3.05) is 39.6 Å². The largest absolute Gasteiger partial charge is 0.472 e. The van der Waals surface area contributed by atoms with E-state index in [1.54, 1.807) is 0 Å². The number of rotatable bonds is 97. The highest BCUT2D eigenvalue weighted by Crippen LogP contribution is 2.45. The van der Waals surface area contributed by atoms with Gasteiger partial charge >= 0.3 is 33.6 Å². The molecule has 0 fully saturated rings. The molecular formula is C111H188O16P2. The van der Waals surface area contributed by atoms with Crippen LogP contribution in [0.1, 0.15) is 432 Å². The van der Waals surface area contributed by atoms with Gasteiger partial charge in [0, 0.05) is 19.3 Å². The number of aliphatic hydroxyl groups excluding tert-OH is 2. The molecule has 0 aliphatic rings. The Hall–Kier alpha value is -5.61. The van der Waals surface area contributed by atoms with E-state index < -0.39 is 91.5 Å². The molecule has 0 aliphatic heterocycles. The average Bonchev–Trinajstić information content (AvgIpc) is 0.898. The normalized spacial score (nSPS) is 14.4. The minimum Gasteiger partial charge on any atom is -0.463 e. The topological polar surface area (TPSA) is 231 Å². The lowest BCUT2D eigenvalue weighted by Crippen LogP contribution is -2.30. The zero-order valence-corrected chi connectivity index (χ0v) is 83.6. The second-order valence-corrected chi connectivity index (χ2v) is 37.1. The van der Waals surface area contributed by atoms with Crippen molar-refractivity contribution in [3.8, 4) is 0 Å². The summed E-state index contributed by atoms with van der Waals surface area (Å²) in [5.74, 6) is -1.58. The predicted octanol–water partition coefficient (Wildman–Crippen LogP) is 32.9. The van der Waals surface area contributed by atoms with Crippen molar-refractivity contribution in [2.24, 2.45) is 0 Å². The summed E-state index contributed by atoms with van der Waals surface area (Å²) in [6, 6.07) is 0. The lowest BCUT2D eigenvalue weighted by atomic mass is 10.0. The van der Waals surface area contributed by atoms with Gasteiger partial charge in [0.1, 0.15) is 25.4 Å². The molecule has 0 aromatic carbocycles. The maximum Gasteiger partial charge on any atom is 0.472 e. The Balaban J connectivity index is 4.58. The standard InChI is InChI=1S/C111H188O16P2/c1-4-7-10-13-16-19-22-25-28-31-34-37-40-43-45-47-49-51-52-54-56-57-59-62-64-67-70-73-76-79-82-85-88-91-94-97-109(114)121-100-106(112)101-123-128(117,118)124-102-107(113)103-125-129(119,120)126-105-108(127-111(116)99-96-93-90-87-84-81-78-75-72-69-66-61-42-39-36-33-30-27-24-21-18-15-12-9-6-3)104-122-110(115)98-95-92-89-86-83-80-77-74-71-68-65-63-60-58-55-53-50-48-46-44-41-38-35-32-29-26-23-20-17-14-11-8-5-2/h7-12,16-21,25-30,34-39,43-46,61,66,72,75,106-108,112-113H,4-6,13-15,22-24,31-33,40-42,47-60,62-65,67-71,73-74,76-105H2,1-3H3,(H,117,118)(H,119,120)/b10-7-,11-8-,12-9-,19-16-,20-17-,21-18-,28-25-,29-26-,30-27-,37-34-,38-35-,39-36-,45-43-,46-44-,66-61-,75-72-. The number of allylic oxidation sites excluding steroid dienone is 32. The fourth-order valence-electron chi connectivity index (χ4n) is 14.1. The molecule has 0 aromatic heterocycles. The number of esters is 3. The van der Waals surface area contributed by atoms with Crippen molar-refractivity contribution in [3.05, 3.63) is 194 Å². The molecule has 5 atom stereocenters. The van der Waals surface area contributed by atoms with Crippen molar-refractivity contribution in [2.45, 2.75) is 450 Å². The fourth-order valence-corrected chi connectivity index (χ4v) is 15.7. The van der Waals surface area contributed by atoms with Gasteiger partial charge in [0.2, 0.25) is 0 Å². The summed E-state index contributed by atoms with van der Waals surface area (Å²) in [5.41, 5.74) is 0. The number of carbonyl (C=O) groups excluding carboxylic acids is 3. The van der Waals surface area contributed by atoms with Gasteiger partial charge in [-0.05, 0) is 161 Å². The number of unbranched alkanes of at least 4 members (excludes halogenated alkanes) is 42. The summed E-state index contributed by atoms with van der Waals surface area (Å²) in [4.78, 5) is 59.2. The molecule has 16 nitrogen and oxygen atoms in total. The zero-order chi connectivity index (χ0) is 93.5. The maximum absolute atomic E-state index is 13.1. The molecule has 738 valence electrons. The molecule has 0 saturated carbocycles. The second kappa shape index (κ2) is 101. The van der Waals surface area contributed by atoms with E-state index in [0.717, 1.165) is 180 Å². The van der Waals surface area contributed by atoms with Crippen LogP contribution in [-0.2, 0) is 55.8 Å². The Kier molecular flexibility index (Phi) is 97.0. The minimum atomic E-state index is -4.95. The SMILES string of the molecule is CC/C=C\C/C=C\C/C=C\C/C=C\C/C=C\C/C=C\CCCCCCCCC(=O)OC(COC(=O)CCCCCCCCCCCCCCCCCCC/C=C\C/C=C\C/C=C\C/C=C\C/C=C\CC)COP(=O)(O)OCC(O)COP(=O)(O)OCC(O)COC(=O)CCCCCCCCCCCCCCCCCCCCC/C=C\C/C=C\C/C=C\C/C=C\C/C=C\CC. The molecule has 5 unspecified atom stereocenters. The van der Waals surface area contributed by atoms with Gasteiger partial charge in [0.15, 0.2) is 6.10 Å². The Labute approximate surface area is 788 Å². The van der Waals surface area contributed by atoms with E-state index in [9.17, 15) is 43.5 Å². The average molecular weight is 1840 g/mol. The number of phosphoric acid groups is 2. The first-order valence-corrected chi connectivity index (χ1v) is 54.7. The van der Waals surface area contributed by atoms with Crippen LogP contribution in [0.5, 0.6) is 0 Å². The summed E-state index contributed by atoms with van der Waals surface area (Å²) in [6.45, 7) is 2.39. The van der Waals surface area contributed by atoms with Crippen LogP contribution in [0.4, 0.5) is 0 Å². The van der Waals surface area contributed by atoms with Crippen LogP contribution in [0.25, 0.3) is 0 Å². The molecule has 0 radical (unpaired) electrons. The van der Waals surface area contributed by atoms with Crippen molar-refractivity contribution >= 4 is 33.6 Å². The Morgan fingerprint density at radius 1 is 0.217 bits per heavy atom. The third kappa shape index (κ3) is 103. The molecule has 0 heterocycles. The first-order valence-electron chi connectivity index (χ1n) is 51.7. The smallest absolute Gasteiger partial charge is 0.463 e. The zero-order valence-electron chi connectivity index (χ0n) is 81.8. The highest BCUT2D eigenvalue weighted by Gasteiger charge is 2.30. The summed E-state index contributed by atoms with van der Waals surface area (Å²) >= 11 is 0. The van der Waals surface area contributed by atoms with Crippen LogP contribution in [0, 0.1) is 0 Å². The third-order valence-corrected chi connectivity index (χ3v) is 23.7. The minimum absolute atomic E-state index is 0.0832. The van der Waals surface area contributed by atoms with Crippen molar-refractivity contribution in [1.29, 1.82) is 0 Å². The summed E-state index contributed by atoms with van der Waals surface area (Å²) in [7, 11) is -9.83. The quantitative estimate of drug-likeness (QED) is 0.0146. The van der Waals surface area contributed by atoms with Gasteiger partial charge in [0.05, 0.1) is 26.4 Å². The van der Waals surface area contributed by atoms with Crippen LogP contribution >= 0.6 is 15.6 Å². The maximum atomic E-state index is 13.1. The lowest BCUT2D eigenvalue weighted by molar-refractivity contribution is -0.161. The first kappa shape index (κ1) is 123. The molecule has 129 heavy (non-hydrogen) atoms. The van der Waals surface area contributed by atoms with Crippen molar-refractivity contribution in [1.82, 2.24) is 0 Å². The summed E-state index contributed by atoms with van der Waals surface area (Å²) in [5, 5.41) is 20.8. The van der Waals surface area contributed by atoms with E-state index in [4.69, 9.17) is 32.3 Å². The van der Waals surface area contributed by atoms with Gasteiger partial charge in [-0.2, -0.15) is 0 Å². The fraction of sp³-hybridized carbons (Fsp3) is 0.685. The Morgan fingerprint density at radius 3 is 0.612 bits per heavy atom. The van der Waals surface area contributed by atoms with Crippen molar-refractivity contribution in [3.63, 3.8) is 0 Å². The summed E-state index contributed by atoms with van der Waals surface area (Å²) in [6.07, 6.45) is 136. The number of carbonyl (C=O) groups is 3. The molecule has 0 rings (SSSR count). The van der Waals surface area contributed by atoms with E-state index in [-0.39, 0.29) is 19.3 Å². The van der Waals surface area contributed by atoms with Gasteiger partial charge < -0.3 is 34.2 Å². The first-order chi connectivity index (χ1) is 63.2. The monoisotopic (exact) mass is 1840 g/mol. The molecule has 0 amide bonds. The molecule has 0 aliphatic carbocycles. The molecule has 0 bridgehead atoms. The van der Waals surface area contributed by atoms with Gasteiger partial charge in [-0.1, -0.05) is 446 Å². The van der Waals surface area contributed by atoms with Crippen LogP contribution in [0.2, 0.25) is 0 Å². The predicted molar refractivity (Wildman–Crippen MR) is 546 cm³/mol. The molecule has 18 heteroatoms. The number of hydrogen-bond donors (Lipinski definition) is 4. The van der Waals surface area contributed by atoms with Crippen molar-refractivity contribution < 1.29 is 75.8 Å². The highest BCUT2D eigenvalue weighted by atomic mass is 31.2. The lowest BCUT2D eigenvalue weighted by Gasteiger charge is -2.21. The number of phosphoric ester groups is 2. The Morgan fingerprint density at radius 2 is 0.388 bits per heavy atom. The van der Waals surface area contributed by atoms with Crippen LogP contribution in [0.3, 0.4) is 0 Å². The van der Waals surface area contributed by atoms with E-state index in [1.807, 2.05) is 0 Å². The molecule has 0 aromatic rings. The third-order valence-electron chi connectivity index (χ3n) is 21.8. The second-order valence-electron chi connectivity index (χ2n) is 34.2. The van der Waals surface area contributed by atoms with Crippen LogP contribution in [0.15, 0.2) is 194 Å². The van der Waals surface area contributed by atoms with Crippen LogP contribution < -0.4 is 0 Å². The Bertz CT molecular complexity index is 3130. The van der Waals surface area contributed by atoms with E-state index in [2.05, 4.69) is 215 Å². The number of aliphatic hydroxyl groups is 2. The molecule has 0 saturated heterocycles. The van der Waals surface area contributed by atoms with E-state index >= 15 is 0 Å². The molecular weight excluding hydrogens is 1650 g/mol. The number of ether oxygens (including phenoxy) is 3. The van der Waals surface area contributed by atoms with E-state index in [0.29, 0.717) is 19.3 Å².